The van der Waals surface area contributed by atoms with Crippen molar-refractivity contribution < 1.29 is 4.42 Å². The van der Waals surface area contributed by atoms with Gasteiger partial charge in [0.1, 0.15) is 11.3 Å². The molecular formula is C10H11BrN4OS. The van der Waals surface area contributed by atoms with Crippen LogP contribution in [0.4, 0.5) is 5.95 Å². The van der Waals surface area contributed by atoms with Gasteiger partial charge in [-0.3, -0.25) is 0 Å². The van der Waals surface area contributed by atoms with Crippen LogP contribution in [-0.4, -0.2) is 21.5 Å². The summed E-state index contributed by atoms with van der Waals surface area (Å²) in [5.74, 6) is 0.599. The van der Waals surface area contributed by atoms with Crippen molar-refractivity contribution >= 4 is 33.6 Å². The van der Waals surface area contributed by atoms with E-state index in [9.17, 15) is 0 Å². The van der Waals surface area contributed by atoms with Gasteiger partial charge >= 0.3 is 0 Å². The summed E-state index contributed by atoms with van der Waals surface area (Å²) < 4.78 is 6.09. The Balaban J connectivity index is 2.22. The summed E-state index contributed by atoms with van der Waals surface area (Å²) in [6, 6.07) is 0. The lowest BCUT2D eigenvalue weighted by Crippen LogP contribution is -2.02. The first-order valence-electron chi connectivity index (χ1n) is 5.05. The summed E-state index contributed by atoms with van der Waals surface area (Å²) in [5, 5.41) is 4.41. The summed E-state index contributed by atoms with van der Waals surface area (Å²) in [4.78, 5) is 12.7. The van der Waals surface area contributed by atoms with Crippen LogP contribution in [0.3, 0.4) is 0 Å². The molecule has 0 aromatic carbocycles. The number of nitrogens with zero attached hydrogens (tertiary/aromatic N) is 3. The zero-order valence-corrected chi connectivity index (χ0v) is 11.8. The second-order valence-electron chi connectivity index (χ2n) is 3.23. The Morgan fingerprint density at radius 1 is 1.47 bits per heavy atom. The van der Waals surface area contributed by atoms with Crippen molar-refractivity contribution in [2.75, 3.05) is 11.9 Å². The second kappa shape index (κ2) is 5.50. The lowest BCUT2D eigenvalue weighted by molar-refractivity contribution is 0.453. The van der Waals surface area contributed by atoms with Crippen LogP contribution in [0.2, 0.25) is 0 Å². The van der Waals surface area contributed by atoms with E-state index in [1.54, 1.807) is 12.5 Å². The van der Waals surface area contributed by atoms with E-state index in [0.717, 1.165) is 21.7 Å². The fourth-order valence-corrected chi connectivity index (χ4v) is 2.30. The van der Waals surface area contributed by atoms with E-state index in [1.165, 1.54) is 11.8 Å². The molecule has 90 valence electrons. The molecule has 0 atom stereocenters. The highest BCUT2D eigenvalue weighted by atomic mass is 79.9. The monoisotopic (exact) mass is 314 g/mol. The Morgan fingerprint density at radius 3 is 2.94 bits per heavy atom. The van der Waals surface area contributed by atoms with E-state index in [-0.39, 0.29) is 0 Å². The molecule has 2 aromatic heterocycles. The third-order valence-electron chi connectivity index (χ3n) is 1.83. The maximum atomic E-state index is 5.27. The lowest BCUT2D eigenvalue weighted by atomic mass is 10.6. The predicted molar refractivity (Wildman–Crippen MR) is 69.3 cm³/mol. The van der Waals surface area contributed by atoms with Crippen LogP contribution in [0.15, 0.2) is 31.6 Å². The van der Waals surface area contributed by atoms with E-state index in [2.05, 4.69) is 36.2 Å². The zero-order chi connectivity index (χ0) is 12.3. The number of halogens is 1. The van der Waals surface area contributed by atoms with Gasteiger partial charge in [-0.05, 0) is 41.5 Å². The summed E-state index contributed by atoms with van der Waals surface area (Å²) in [7, 11) is 0. The summed E-state index contributed by atoms with van der Waals surface area (Å²) in [6.45, 7) is 4.66. The van der Waals surface area contributed by atoms with Gasteiger partial charge < -0.3 is 9.73 Å². The second-order valence-corrected chi connectivity index (χ2v) is 5.03. The molecule has 0 bridgehead atoms. The Bertz CT molecular complexity index is 517. The molecule has 2 heterocycles. The van der Waals surface area contributed by atoms with Crippen molar-refractivity contribution in [3.05, 3.63) is 22.6 Å². The number of hydrogen-bond acceptors (Lipinski definition) is 6. The Kier molecular flexibility index (Phi) is 4.01. The average Bonchev–Trinajstić information content (AvgIpc) is 2.69. The number of oxazole rings is 1. The quantitative estimate of drug-likeness (QED) is 0.875. The molecule has 0 unspecified atom stereocenters. The molecule has 0 aliphatic carbocycles. The molecule has 5 nitrogen and oxygen atoms in total. The standard InChI is InChI=1S/C10H11BrN4OS/c1-3-12-9-13-4-7(11)8(15-9)17-10-14-6(2)5-16-10/h4-5H,3H2,1-2H3,(H,12,13,15). The normalized spacial score (nSPS) is 10.5. The molecule has 1 N–H and O–H groups in total. The first kappa shape index (κ1) is 12.4. The summed E-state index contributed by atoms with van der Waals surface area (Å²) in [6.07, 6.45) is 3.33. The SMILES string of the molecule is CCNc1ncc(Br)c(Sc2nc(C)co2)n1. The molecule has 17 heavy (non-hydrogen) atoms. The fraction of sp³-hybridized carbons (Fsp3) is 0.300. The van der Waals surface area contributed by atoms with Gasteiger partial charge in [-0.25, -0.2) is 15.0 Å². The highest BCUT2D eigenvalue weighted by molar-refractivity contribution is 9.10. The smallest absolute Gasteiger partial charge is 0.262 e. The topological polar surface area (TPSA) is 63.8 Å². The van der Waals surface area contributed by atoms with Crippen molar-refractivity contribution in [1.82, 2.24) is 15.0 Å². The Labute approximate surface area is 112 Å². The number of aryl methyl sites for hydroxylation is 1. The van der Waals surface area contributed by atoms with Gasteiger partial charge in [0.25, 0.3) is 5.22 Å². The van der Waals surface area contributed by atoms with Crippen molar-refractivity contribution in [2.24, 2.45) is 0 Å². The number of hydrogen-bond donors (Lipinski definition) is 1. The molecule has 0 saturated heterocycles. The van der Waals surface area contributed by atoms with Gasteiger partial charge in [0.15, 0.2) is 0 Å². The van der Waals surface area contributed by atoms with Gasteiger partial charge in [0.2, 0.25) is 5.95 Å². The summed E-state index contributed by atoms with van der Waals surface area (Å²) >= 11 is 4.76. The van der Waals surface area contributed by atoms with Crippen molar-refractivity contribution in [1.29, 1.82) is 0 Å². The van der Waals surface area contributed by atoms with Crippen LogP contribution in [-0.2, 0) is 0 Å². The van der Waals surface area contributed by atoms with Crippen molar-refractivity contribution in [2.45, 2.75) is 24.1 Å². The molecule has 0 radical (unpaired) electrons. The zero-order valence-electron chi connectivity index (χ0n) is 9.40. The van der Waals surface area contributed by atoms with E-state index >= 15 is 0 Å². The number of nitrogens with one attached hydrogen (secondary N) is 1. The lowest BCUT2D eigenvalue weighted by Gasteiger charge is -2.04. The van der Waals surface area contributed by atoms with Crippen LogP contribution < -0.4 is 5.32 Å². The van der Waals surface area contributed by atoms with Gasteiger partial charge in [0, 0.05) is 12.7 Å². The molecular weight excluding hydrogens is 304 g/mol. The van der Waals surface area contributed by atoms with Crippen molar-refractivity contribution in [3.8, 4) is 0 Å². The molecule has 0 fully saturated rings. The van der Waals surface area contributed by atoms with Crippen LogP contribution in [0.5, 0.6) is 0 Å². The highest BCUT2D eigenvalue weighted by Gasteiger charge is 2.10. The third kappa shape index (κ3) is 3.19. The first-order valence-corrected chi connectivity index (χ1v) is 6.66. The fourth-order valence-electron chi connectivity index (χ4n) is 1.13. The maximum Gasteiger partial charge on any atom is 0.262 e. The van der Waals surface area contributed by atoms with Crippen LogP contribution in [0.1, 0.15) is 12.6 Å². The first-order chi connectivity index (χ1) is 8.19. The van der Waals surface area contributed by atoms with E-state index in [1.807, 2.05) is 13.8 Å². The Morgan fingerprint density at radius 2 is 2.29 bits per heavy atom. The van der Waals surface area contributed by atoms with Gasteiger partial charge in [0.05, 0.1) is 10.2 Å². The highest BCUT2D eigenvalue weighted by Crippen LogP contribution is 2.31. The molecule has 0 saturated carbocycles. The number of rotatable bonds is 4. The van der Waals surface area contributed by atoms with E-state index in [0.29, 0.717) is 11.2 Å². The molecule has 0 amide bonds. The van der Waals surface area contributed by atoms with E-state index < -0.39 is 0 Å². The molecule has 2 aromatic rings. The number of anilines is 1. The molecule has 2 rings (SSSR count). The summed E-state index contributed by atoms with van der Waals surface area (Å²) in [5.41, 5.74) is 0.851. The third-order valence-corrected chi connectivity index (χ3v) is 3.54. The van der Waals surface area contributed by atoms with Gasteiger partial charge in [-0.2, -0.15) is 0 Å². The van der Waals surface area contributed by atoms with Gasteiger partial charge in [-0.15, -0.1) is 0 Å². The van der Waals surface area contributed by atoms with Gasteiger partial charge in [-0.1, -0.05) is 0 Å². The minimum absolute atomic E-state index is 0.573. The number of aromatic nitrogens is 3. The molecule has 0 aliphatic rings. The molecule has 0 aliphatic heterocycles. The minimum atomic E-state index is 0.573. The van der Waals surface area contributed by atoms with Crippen LogP contribution >= 0.6 is 27.7 Å². The van der Waals surface area contributed by atoms with Crippen LogP contribution in [0, 0.1) is 6.92 Å². The van der Waals surface area contributed by atoms with Crippen molar-refractivity contribution in [3.63, 3.8) is 0 Å². The maximum absolute atomic E-state index is 5.27. The minimum Gasteiger partial charge on any atom is -0.439 e. The average molecular weight is 315 g/mol. The largest absolute Gasteiger partial charge is 0.439 e. The molecule has 7 heteroatoms. The predicted octanol–water partition coefficient (Wildman–Crippen LogP) is 3.12. The Hall–Kier alpha value is -1.08. The molecule has 0 spiro atoms. The van der Waals surface area contributed by atoms with Crippen LogP contribution in [0.25, 0.3) is 0 Å². The van der Waals surface area contributed by atoms with E-state index in [4.69, 9.17) is 4.42 Å².